The monoisotopic (exact) mass is 287 g/mol. The van der Waals surface area contributed by atoms with Crippen LogP contribution in [0.25, 0.3) is 0 Å². The number of halogens is 1. The third kappa shape index (κ3) is 3.11. The molecule has 2 atom stereocenters. The highest BCUT2D eigenvalue weighted by Crippen LogP contribution is 2.39. The van der Waals surface area contributed by atoms with Crippen molar-refractivity contribution in [2.75, 3.05) is 27.2 Å². The van der Waals surface area contributed by atoms with Crippen LogP contribution in [0, 0.1) is 0 Å². The molecule has 108 valence electrons. The first kappa shape index (κ1) is 14.8. The molecule has 6 heteroatoms. The lowest BCUT2D eigenvalue weighted by molar-refractivity contribution is -0.0829. The largest absolute Gasteiger partial charge is 0.384 e. The predicted octanol–water partition coefficient (Wildman–Crippen LogP) is 1.70. The molecule has 0 aliphatic carbocycles. The zero-order chi connectivity index (χ0) is 14.0. The molecule has 0 saturated carbocycles. The number of aliphatic hydroxyl groups is 1. The standard InChI is InChI=1S/C13H22ClN3O2/c1-13(5-4-8-19-13)12(18)11-10(14)9-15-17(11)7-6-16(2)3/h9,12,18H,4-8H2,1-3H3. The smallest absolute Gasteiger partial charge is 0.126 e. The van der Waals surface area contributed by atoms with Gasteiger partial charge in [0.2, 0.25) is 0 Å². The van der Waals surface area contributed by atoms with Crippen molar-refractivity contribution in [3.8, 4) is 0 Å². The number of ether oxygens (including phenoxy) is 1. The van der Waals surface area contributed by atoms with Crippen LogP contribution in [0.4, 0.5) is 0 Å². The first-order valence-corrected chi connectivity index (χ1v) is 7.00. The first-order valence-electron chi connectivity index (χ1n) is 6.62. The van der Waals surface area contributed by atoms with E-state index in [1.165, 1.54) is 0 Å². The van der Waals surface area contributed by atoms with E-state index in [9.17, 15) is 5.11 Å². The minimum atomic E-state index is -0.743. The number of rotatable bonds is 5. The maximum absolute atomic E-state index is 10.6. The van der Waals surface area contributed by atoms with Crippen LogP contribution in [0.5, 0.6) is 0 Å². The summed E-state index contributed by atoms with van der Waals surface area (Å²) in [5, 5.41) is 15.4. The summed E-state index contributed by atoms with van der Waals surface area (Å²) in [5.41, 5.74) is 0.104. The summed E-state index contributed by atoms with van der Waals surface area (Å²) in [6.07, 6.45) is 2.65. The topological polar surface area (TPSA) is 50.5 Å². The molecule has 0 aromatic carbocycles. The van der Waals surface area contributed by atoms with E-state index < -0.39 is 11.7 Å². The van der Waals surface area contributed by atoms with E-state index >= 15 is 0 Å². The van der Waals surface area contributed by atoms with Gasteiger partial charge in [0.1, 0.15) is 6.10 Å². The molecule has 1 saturated heterocycles. The lowest BCUT2D eigenvalue weighted by atomic mass is 9.93. The predicted molar refractivity (Wildman–Crippen MR) is 74.3 cm³/mol. The van der Waals surface area contributed by atoms with Crippen molar-refractivity contribution in [3.63, 3.8) is 0 Å². The molecule has 1 aromatic rings. The van der Waals surface area contributed by atoms with E-state index in [2.05, 4.69) is 10.00 Å². The normalized spacial score (nSPS) is 25.2. The number of likely N-dealkylation sites (N-methyl/N-ethyl adjacent to an activating group) is 1. The molecule has 1 fully saturated rings. The minimum Gasteiger partial charge on any atom is -0.384 e. The molecule has 19 heavy (non-hydrogen) atoms. The van der Waals surface area contributed by atoms with E-state index in [0.717, 1.165) is 19.4 Å². The Morgan fingerprint density at radius 2 is 2.37 bits per heavy atom. The van der Waals surface area contributed by atoms with Gasteiger partial charge in [-0.15, -0.1) is 0 Å². The maximum Gasteiger partial charge on any atom is 0.126 e. The molecular weight excluding hydrogens is 266 g/mol. The van der Waals surface area contributed by atoms with Crippen molar-refractivity contribution in [2.24, 2.45) is 0 Å². The Morgan fingerprint density at radius 3 is 2.95 bits per heavy atom. The zero-order valence-electron chi connectivity index (χ0n) is 11.8. The van der Waals surface area contributed by atoms with Crippen molar-refractivity contribution in [1.82, 2.24) is 14.7 Å². The van der Waals surface area contributed by atoms with Gasteiger partial charge >= 0.3 is 0 Å². The van der Waals surface area contributed by atoms with Gasteiger partial charge in [0, 0.05) is 13.2 Å². The molecule has 0 spiro atoms. The number of aromatic nitrogens is 2. The fraction of sp³-hybridized carbons (Fsp3) is 0.769. The molecule has 1 N–H and O–H groups in total. The Morgan fingerprint density at radius 1 is 1.63 bits per heavy atom. The zero-order valence-corrected chi connectivity index (χ0v) is 12.5. The first-order chi connectivity index (χ1) is 8.94. The van der Waals surface area contributed by atoms with E-state index in [1.807, 2.05) is 21.0 Å². The van der Waals surface area contributed by atoms with Crippen LogP contribution in [0.1, 0.15) is 31.6 Å². The highest BCUT2D eigenvalue weighted by atomic mass is 35.5. The lowest BCUT2D eigenvalue weighted by Gasteiger charge is -2.30. The van der Waals surface area contributed by atoms with Gasteiger partial charge in [0.05, 0.1) is 29.1 Å². The average molecular weight is 288 g/mol. The molecule has 2 unspecified atom stereocenters. The molecule has 2 rings (SSSR count). The second-order valence-electron chi connectivity index (χ2n) is 5.57. The highest BCUT2D eigenvalue weighted by molar-refractivity contribution is 6.31. The van der Waals surface area contributed by atoms with E-state index in [4.69, 9.17) is 16.3 Å². The van der Waals surface area contributed by atoms with E-state index in [0.29, 0.717) is 23.9 Å². The van der Waals surface area contributed by atoms with Gasteiger partial charge in [-0.2, -0.15) is 5.10 Å². The Bertz CT molecular complexity index is 428. The van der Waals surface area contributed by atoms with Crippen LogP contribution in [0.15, 0.2) is 6.20 Å². The quantitative estimate of drug-likeness (QED) is 0.896. The number of hydrogen-bond acceptors (Lipinski definition) is 4. The Balaban J connectivity index is 2.20. The van der Waals surface area contributed by atoms with Crippen LogP contribution >= 0.6 is 11.6 Å². The summed E-state index contributed by atoms with van der Waals surface area (Å²) in [7, 11) is 4.01. The number of nitrogens with zero attached hydrogens (tertiary/aromatic N) is 3. The van der Waals surface area contributed by atoms with Gasteiger partial charge in [-0.1, -0.05) is 11.6 Å². The second-order valence-corrected chi connectivity index (χ2v) is 5.98. The summed E-state index contributed by atoms with van der Waals surface area (Å²) < 4.78 is 7.48. The molecule has 1 aliphatic heterocycles. The number of aliphatic hydroxyl groups excluding tert-OH is 1. The number of hydrogen-bond donors (Lipinski definition) is 1. The van der Waals surface area contributed by atoms with Crippen molar-refractivity contribution in [3.05, 3.63) is 16.9 Å². The van der Waals surface area contributed by atoms with Gasteiger partial charge in [-0.25, -0.2) is 0 Å². The maximum atomic E-state index is 10.6. The third-order valence-corrected chi connectivity index (χ3v) is 3.97. The summed E-state index contributed by atoms with van der Waals surface area (Å²) in [6, 6.07) is 0. The van der Waals surface area contributed by atoms with Crippen molar-refractivity contribution < 1.29 is 9.84 Å². The van der Waals surface area contributed by atoms with Crippen molar-refractivity contribution in [1.29, 1.82) is 0 Å². The fourth-order valence-electron chi connectivity index (χ4n) is 2.42. The molecule has 1 aromatic heterocycles. The van der Waals surface area contributed by atoms with Gasteiger partial charge in [0.15, 0.2) is 0 Å². The van der Waals surface area contributed by atoms with Gasteiger partial charge in [-0.3, -0.25) is 4.68 Å². The van der Waals surface area contributed by atoms with Gasteiger partial charge < -0.3 is 14.7 Å². The highest BCUT2D eigenvalue weighted by Gasteiger charge is 2.40. The molecule has 0 amide bonds. The molecule has 0 bridgehead atoms. The average Bonchev–Trinajstić information content (AvgIpc) is 2.93. The lowest BCUT2D eigenvalue weighted by Crippen LogP contribution is -2.34. The molecule has 1 aliphatic rings. The summed E-state index contributed by atoms with van der Waals surface area (Å²) in [5.74, 6) is 0. The third-order valence-electron chi connectivity index (χ3n) is 3.68. The fourth-order valence-corrected chi connectivity index (χ4v) is 2.67. The molecular formula is C13H22ClN3O2. The summed E-state index contributed by atoms with van der Waals surface area (Å²) in [4.78, 5) is 2.07. The van der Waals surface area contributed by atoms with Crippen LogP contribution < -0.4 is 0 Å². The van der Waals surface area contributed by atoms with E-state index in [1.54, 1.807) is 10.9 Å². The second kappa shape index (κ2) is 5.79. The molecule has 2 heterocycles. The van der Waals surface area contributed by atoms with Crippen LogP contribution in [-0.2, 0) is 11.3 Å². The summed E-state index contributed by atoms with van der Waals surface area (Å²) in [6.45, 7) is 4.17. The SMILES string of the molecule is CN(C)CCn1ncc(Cl)c1C(O)C1(C)CCCO1. The van der Waals surface area contributed by atoms with Crippen molar-refractivity contribution in [2.45, 2.75) is 38.0 Å². The molecule has 5 nitrogen and oxygen atoms in total. The van der Waals surface area contributed by atoms with Crippen LogP contribution in [0.3, 0.4) is 0 Å². The van der Waals surface area contributed by atoms with Gasteiger partial charge in [-0.05, 0) is 33.9 Å². The Labute approximate surface area is 119 Å². The minimum absolute atomic E-state index is 0.503. The van der Waals surface area contributed by atoms with Crippen LogP contribution in [0.2, 0.25) is 5.02 Å². The van der Waals surface area contributed by atoms with Crippen LogP contribution in [-0.4, -0.2) is 52.6 Å². The Hall–Kier alpha value is -0.620. The summed E-state index contributed by atoms with van der Waals surface area (Å²) >= 11 is 6.18. The Kier molecular flexibility index (Phi) is 4.50. The van der Waals surface area contributed by atoms with E-state index in [-0.39, 0.29) is 0 Å². The van der Waals surface area contributed by atoms with Crippen molar-refractivity contribution >= 4 is 11.6 Å². The van der Waals surface area contributed by atoms with Gasteiger partial charge in [0.25, 0.3) is 0 Å². The molecule has 0 radical (unpaired) electrons.